The number of carbonyl (C=O) groups excluding carboxylic acids is 1. The Balaban J connectivity index is 2.01. The summed E-state index contributed by atoms with van der Waals surface area (Å²) in [4.78, 5) is 13.6. The third kappa shape index (κ3) is 2.95. The maximum absolute atomic E-state index is 11.4. The van der Waals surface area contributed by atoms with Gasteiger partial charge in [0.15, 0.2) is 0 Å². The summed E-state index contributed by atoms with van der Waals surface area (Å²) in [6.45, 7) is 2.11. The fourth-order valence-corrected chi connectivity index (χ4v) is 2.92. The van der Waals surface area contributed by atoms with Crippen LogP contribution in [0.15, 0.2) is 16.7 Å². The van der Waals surface area contributed by atoms with Crippen molar-refractivity contribution < 1.29 is 18.2 Å². The summed E-state index contributed by atoms with van der Waals surface area (Å²) in [6.07, 6.45) is 1.49. The van der Waals surface area contributed by atoms with Crippen molar-refractivity contribution in [3.63, 3.8) is 0 Å². The Bertz CT molecular complexity index is 419. The van der Waals surface area contributed by atoms with Gasteiger partial charge in [0.25, 0.3) is 0 Å². The highest BCUT2D eigenvalue weighted by Crippen LogP contribution is 2.15. The van der Waals surface area contributed by atoms with Crippen LogP contribution in [0.2, 0.25) is 0 Å². The van der Waals surface area contributed by atoms with E-state index >= 15 is 0 Å². The Morgan fingerprint density at radius 2 is 2.24 bits per heavy atom. The Labute approximate surface area is 102 Å². The first kappa shape index (κ1) is 12.3. The van der Waals surface area contributed by atoms with E-state index in [9.17, 15) is 9.00 Å². The van der Waals surface area contributed by atoms with Gasteiger partial charge in [-0.1, -0.05) is 0 Å². The van der Waals surface area contributed by atoms with Crippen molar-refractivity contribution in [1.82, 2.24) is 4.90 Å². The normalized spacial score (nSPS) is 18.2. The van der Waals surface area contributed by atoms with Crippen LogP contribution in [-0.2, 0) is 22.1 Å². The lowest BCUT2D eigenvalue weighted by Crippen LogP contribution is -2.37. The van der Waals surface area contributed by atoms with Gasteiger partial charge < -0.3 is 9.15 Å². The molecule has 0 radical (unpaired) electrons. The van der Waals surface area contributed by atoms with Crippen LogP contribution in [-0.4, -0.2) is 46.8 Å². The molecule has 0 saturated carbocycles. The number of nitrogens with zero attached hydrogens (tertiary/aromatic N) is 1. The van der Waals surface area contributed by atoms with Crippen LogP contribution >= 0.6 is 0 Å². The highest BCUT2D eigenvalue weighted by Gasteiger charge is 2.20. The average molecular weight is 257 g/mol. The van der Waals surface area contributed by atoms with Crippen molar-refractivity contribution in [3.8, 4) is 0 Å². The zero-order chi connectivity index (χ0) is 12.3. The van der Waals surface area contributed by atoms with Crippen molar-refractivity contribution >= 4 is 16.8 Å². The summed E-state index contributed by atoms with van der Waals surface area (Å²) >= 11 is 0. The number of methoxy groups -OCH3 is 1. The molecule has 6 heteroatoms. The zero-order valence-electron chi connectivity index (χ0n) is 9.68. The zero-order valence-corrected chi connectivity index (χ0v) is 10.5. The molecule has 17 heavy (non-hydrogen) atoms. The summed E-state index contributed by atoms with van der Waals surface area (Å²) in [7, 11) is 0.661. The van der Waals surface area contributed by atoms with Crippen LogP contribution < -0.4 is 0 Å². The Morgan fingerprint density at radius 3 is 2.88 bits per heavy atom. The summed E-state index contributed by atoms with van der Waals surface area (Å²) in [5.74, 6) is 1.61. The molecule has 1 aliphatic rings. The minimum absolute atomic E-state index is 0.380. The molecule has 1 fully saturated rings. The Hall–Kier alpha value is -1.14. The SMILES string of the molecule is COC(=O)c1ccoc1CN1CCS(=O)CC1. The van der Waals surface area contributed by atoms with E-state index < -0.39 is 10.8 Å². The summed E-state index contributed by atoms with van der Waals surface area (Å²) in [6, 6.07) is 1.61. The van der Waals surface area contributed by atoms with Crippen molar-refractivity contribution in [1.29, 1.82) is 0 Å². The smallest absolute Gasteiger partial charge is 0.341 e. The molecule has 1 aliphatic heterocycles. The molecule has 94 valence electrons. The number of carbonyl (C=O) groups is 1. The quantitative estimate of drug-likeness (QED) is 0.743. The van der Waals surface area contributed by atoms with E-state index in [1.54, 1.807) is 6.07 Å². The maximum atomic E-state index is 11.4. The predicted molar refractivity (Wildman–Crippen MR) is 63.2 cm³/mol. The van der Waals surface area contributed by atoms with Gasteiger partial charge in [0, 0.05) is 35.4 Å². The van der Waals surface area contributed by atoms with Crippen molar-refractivity contribution in [2.45, 2.75) is 6.54 Å². The number of furan rings is 1. The molecule has 0 bridgehead atoms. The number of hydrogen-bond acceptors (Lipinski definition) is 5. The van der Waals surface area contributed by atoms with Gasteiger partial charge in [-0.3, -0.25) is 9.11 Å². The fourth-order valence-electron chi connectivity index (χ4n) is 1.79. The van der Waals surface area contributed by atoms with Gasteiger partial charge in [-0.15, -0.1) is 0 Å². The molecular weight excluding hydrogens is 242 g/mol. The van der Waals surface area contributed by atoms with E-state index in [0.29, 0.717) is 29.4 Å². The molecule has 0 amide bonds. The third-order valence-corrected chi connectivity index (χ3v) is 4.06. The first-order valence-electron chi connectivity index (χ1n) is 5.42. The molecule has 5 nitrogen and oxygen atoms in total. The van der Waals surface area contributed by atoms with Crippen LogP contribution in [0.4, 0.5) is 0 Å². The van der Waals surface area contributed by atoms with Crippen molar-refractivity contribution in [2.75, 3.05) is 31.7 Å². The van der Waals surface area contributed by atoms with E-state index in [-0.39, 0.29) is 5.97 Å². The molecule has 2 rings (SSSR count). The van der Waals surface area contributed by atoms with Crippen LogP contribution in [0, 0.1) is 0 Å². The largest absolute Gasteiger partial charge is 0.467 e. The maximum Gasteiger partial charge on any atom is 0.341 e. The summed E-state index contributed by atoms with van der Waals surface area (Å²) in [5, 5.41) is 0. The minimum atomic E-state index is -0.689. The van der Waals surface area contributed by atoms with Crippen LogP contribution in [0.5, 0.6) is 0 Å². The lowest BCUT2D eigenvalue weighted by atomic mass is 10.2. The predicted octanol–water partition coefficient (Wildman–Crippen LogP) is 0.631. The molecule has 1 aromatic heterocycles. The molecule has 0 aromatic carbocycles. The van der Waals surface area contributed by atoms with Crippen LogP contribution in [0.25, 0.3) is 0 Å². The fraction of sp³-hybridized carbons (Fsp3) is 0.545. The Morgan fingerprint density at radius 1 is 1.53 bits per heavy atom. The van der Waals surface area contributed by atoms with E-state index in [0.717, 1.165) is 13.1 Å². The van der Waals surface area contributed by atoms with Crippen molar-refractivity contribution in [3.05, 3.63) is 23.7 Å². The highest BCUT2D eigenvalue weighted by molar-refractivity contribution is 7.85. The van der Waals surface area contributed by atoms with E-state index in [2.05, 4.69) is 9.64 Å². The first-order chi connectivity index (χ1) is 8.20. The number of esters is 1. The molecule has 0 N–H and O–H groups in total. The second kappa shape index (κ2) is 5.46. The van der Waals surface area contributed by atoms with E-state index in [1.807, 2.05) is 0 Å². The molecule has 0 spiro atoms. The summed E-state index contributed by atoms with van der Waals surface area (Å²) < 4.78 is 21.2. The monoisotopic (exact) mass is 257 g/mol. The van der Waals surface area contributed by atoms with Crippen LogP contribution in [0.1, 0.15) is 16.1 Å². The van der Waals surface area contributed by atoms with Crippen molar-refractivity contribution in [2.24, 2.45) is 0 Å². The number of rotatable bonds is 3. The third-order valence-electron chi connectivity index (χ3n) is 2.79. The molecule has 0 aliphatic carbocycles. The average Bonchev–Trinajstić information content (AvgIpc) is 2.79. The molecule has 1 aromatic rings. The van der Waals surface area contributed by atoms with Crippen LogP contribution in [0.3, 0.4) is 0 Å². The first-order valence-corrected chi connectivity index (χ1v) is 6.91. The highest BCUT2D eigenvalue weighted by atomic mass is 32.2. The van der Waals surface area contributed by atoms with E-state index in [1.165, 1.54) is 13.4 Å². The number of hydrogen-bond donors (Lipinski definition) is 0. The molecule has 1 saturated heterocycles. The topological polar surface area (TPSA) is 59.8 Å². The number of ether oxygens (including phenoxy) is 1. The lowest BCUT2D eigenvalue weighted by Gasteiger charge is -2.25. The van der Waals surface area contributed by atoms with Gasteiger partial charge >= 0.3 is 5.97 Å². The second-order valence-electron chi connectivity index (χ2n) is 3.87. The van der Waals surface area contributed by atoms with E-state index in [4.69, 9.17) is 4.42 Å². The molecular formula is C11H15NO4S. The van der Waals surface area contributed by atoms with Gasteiger partial charge in [0.1, 0.15) is 11.3 Å². The molecule has 0 atom stereocenters. The Kier molecular flexibility index (Phi) is 3.96. The van der Waals surface area contributed by atoms with Gasteiger partial charge in [0.2, 0.25) is 0 Å². The molecule has 2 heterocycles. The molecule has 0 unspecified atom stereocenters. The lowest BCUT2D eigenvalue weighted by molar-refractivity contribution is 0.0596. The minimum Gasteiger partial charge on any atom is -0.467 e. The van der Waals surface area contributed by atoms with Gasteiger partial charge in [-0.05, 0) is 6.07 Å². The summed E-state index contributed by atoms with van der Waals surface area (Å²) in [5.41, 5.74) is 0.471. The van der Waals surface area contributed by atoms with Gasteiger partial charge in [0.05, 0.1) is 19.9 Å². The second-order valence-corrected chi connectivity index (χ2v) is 5.57. The standard InChI is InChI=1S/C11H15NO4S/c1-15-11(13)9-2-5-16-10(9)8-12-3-6-17(14)7-4-12/h2,5H,3-4,6-8H2,1H3. The van der Waals surface area contributed by atoms with Gasteiger partial charge in [-0.25, -0.2) is 4.79 Å². The van der Waals surface area contributed by atoms with Gasteiger partial charge in [-0.2, -0.15) is 0 Å².